The fraction of sp³-hybridized carbons (Fsp3) is 0.136. The van der Waals surface area contributed by atoms with E-state index < -0.39 is 12.6 Å². The molecule has 0 aliphatic heterocycles. The van der Waals surface area contributed by atoms with Crippen LogP contribution in [0.5, 0.6) is 17.2 Å². The number of allylic oxidation sites excluding steroid dienone is 1. The predicted octanol–water partition coefficient (Wildman–Crippen LogP) is 4.09. The summed E-state index contributed by atoms with van der Waals surface area (Å²) in [6, 6.07) is 11.9. The molecule has 0 aliphatic carbocycles. The Balaban J connectivity index is 1.61. The molecule has 3 rings (SSSR count). The zero-order valence-corrected chi connectivity index (χ0v) is 16.9. The molecule has 30 heavy (non-hydrogen) atoms. The largest absolute Gasteiger partial charge is 0.493 e. The molecule has 0 saturated carbocycles. The molecule has 0 fully saturated rings. The van der Waals surface area contributed by atoms with Crippen molar-refractivity contribution in [1.29, 1.82) is 0 Å². The van der Waals surface area contributed by atoms with Gasteiger partial charge in [0.05, 0.1) is 18.3 Å². The van der Waals surface area contributed by atoms with Crippen LogP contribution in [0.4, 0.5) is 0 Å². The number of aromatic nitrogens is 1. The summed E-state index contributed by atoms with van der Waals surface area (Å²) in [4.78, 5) is 27.3. The summed E-state index contributed by atoms with van der Waals surface area (Å²) in [6.07, 6.45) is 3.16. The predicted molar refractivity (Wildman–Crippen MR) is 112 cm³/mol. The van der Waals surface area contributed by atoms with Crippen LogP contribution in [0.2, 0.25) is 0 Å². The van der Waals surface area contributed by atoms with Gasteiger partial charge in [-0.05, 0) is 42.0 Å². The summed E-state index contributed by atoms with van der Waals surface area (Å²) in [7, 11) is 1.42. The molecule has 154 valence electrons. The Bertz CT molecular complexity index is 1030. The molecule has 1 aromatic heterocycles. The van der Waals surface area contributed by atoms with E-state index >= 15 is 0 Å². The minimum Gasteiger partial charge on any atom is -0.493 e. The summed E-state index contributed by atoms with van der Waals surface area (Å²) in [5, 5.41) is 10.6. The van der Waals surface area contributed by atoms with Crippen molar-refractivity contribution < 1.29 is 28.9 Å². The van der Waals surface area contributed by atoms with Crippen LogP contribution in [0.25, 0.3) is 6.08 Å². The van der Waals surface area contributed by atoms with Crippen molar-refractivity contribution >= 4 is 29.2 Å². The van der Waals surface area contributed by atoms with Crippen LogP contribution in [0.15, 0.2) is 59.4 Å². The molecule has 8 heteroatoms. The standard InChI is InChI=1S/C22H19NO6S/c1-27-21-10-16(5-9-20(21)29-12-22(25)26)19(24)8-4-15-2-6-18(7-3-15)28-11-17-13-30-14-23-17/h2-10,13-14H,11-12H2,1H3,(H,25,26). The van der Waals surface area contributed by atoms with Crippen molar-refractivity contribution in [3.63, 3.8) is 0 Å². The van der Waals surface area contributed by atoms with Crippen LogP contribution in [0.1, 0.15) is 21.6 Å². The second kappa shape index (κ2) is 10.2. The number of hydrogen-bond acceptors (Lipinski definition) is 7. The molecule has 0 radical (unpaired) electrons. The van der Waals surface area contributed by atoms with E-state index in [2.05, 4.69) is 4.98 Å². The van der Waals surface area contributed by atoms with Gasteiger partial charge in [0.15, 0.2) is 23.9 Å². The highest BCUT2D eigenvalue weighted by molar-refractivity contribution is 7.07. The Morgan fingerprint density at radius 3 is 2.57 bits per heavy atom. The average Bonchev–Trinajstić information content (AvgIpc) is 3.29. The molecule has 0 amide bonds. The van der Waals surface area contributed by atoms with Crippen LogP contribution < -0.4 is 14.2 Å². The first kappa shape index (κ1) is 21.1. The number of methoxy groups -OCH3 is 1. The zero-order chi connectivity index (χ0) is 21.3. The van der Waals surface area contributed by atoms with Gasteiger partial charge >= 0.3 is 5.97 Å². The van der Waals surface area contributed by atoms with Crippen LogP contribution in [-0.4, -0.2) is 35.6 Å². The summed E-state index contributed by atoms with van der Waals surface area (Å²) >= 11 is 1.52. The van der Waals surface area contributed by atoms with Crippen molar-refractivity contribution in [2.24, 2.45) is 0 Å². The molecule has 2 aromatic carbocycles. The molecular weight excluding hydrogens is 406 g/mol. The van der Waals surface area contributed by atoms with Gasteiger partial charge in [0.1, 0.15) is 12.4 Å². The number of benzene rings is 2. The van der Waals surface area contributed by atoms with E-state index in [1.165, 1.54) is 36.7 Å². The van der Waals surface area contributed by atoms with Crippen molar-refractivity contribution in [1.82, 2.24) is 4.98 Å². The van der Waals surface area contributed by atoms with E-state index in [1.807, 2.05) is 29.6 Å². The second-order valence-electron chi connectivity index (χ2n) is 6.08. The minimum atomic E-state index is -1.10. The van der Waals surface area contributed by atoms with Crippen LogP contribution in [0, 0.1) is 0 Å². The first-order valence-electron chi connectivity index (χ1n) is 8.90. The van der Waals surface area contributed by atoms with Gasteiger partial charge in [0, 0.05) is 10.9 Å². The third-order valence-electron chi connectivity index (χ3n) is 3.98. The highest BCUT2D eigenvalue weighted by Gasteiger charge is 2.11. The second-order valence-corrected chi connectivity index (χ2v) is 6.80. The number of ketones is 1. The number of thiazole rings is 1. The van der Waals surface area contributed by atoms with Crippen molar-refractivity contribution in [2.75, 3.05) is 13.7 Å². The quantitative estimate of drug-likeness (QED) is 0.386. The molecule has 1 N–H and O–H groups in total. The molecule has 3 aromatic rings. The zero-order valence-electron chi connectivity index (χ0n) is 16.1. The Morgan fingerprint density at radius 1 is 1.10 bits per heavy atom. The van der Waals surface area contributed by atoms with Gasteiger partial charge in [-0.1, -0.05) is 18.2 Å². The molecular formula is C22H19NO6S. The number of hydrogen-bond donors (Lipinski definition) is 1. The van der Waals surface area contributed by atoms with Crippen LogP contribution >= 0.6 is 11.3 Å². The third-order valence-corrected chi connectivity index (χ3v) is 4.61. The van der Waals surface area contributed by atoms with Gasteiger partial charge in [-0.15, -0.1) is 11.3 Å². The maximum atomic E-state index is 12.5. The van der Waals surface area contributed by atoms with Gasteiger partial charge in [0.2, 0.25) is 0 Å². The maximum absolute atomic E-state index is 12.5. The molecule has 1 heterocycles. The van der Waals surface area contributed by atoms with E-state index in [0.29, 0.717) is 17.9 Å². The molecule has 0 spiro atoms. The number of ether oxygens (including phenoxy) is 3. The topological polar surface area (TPSA) is 95.0 Å². The Labute approximate surface area is 177 Å². The van der Waals surface area contributed by atoms with E-state index in [-0.39, 0.29) is 17.3 Å². The van der Waals surface area contributed by atoms with Gasteiger partial charge < -0.3 is 19.3 Å². The fourth-order valence-corrected chi connectivity index (χ4v) is 3.03. The molecule has 0 unspecified atom stereocenters. The molecule has 7 nitrogen and oxygen atoms in total. The summed E-state index contributed by atoms with van der Waals surface area (Å²) in [5.74, 6) is -0.0550. The number of carbonyl (C=O) groups excluding carboxylic acids is 1. The number of aliphatic carboxylic acids is 1. The number of carboxylic acid groups (broad SMARTS) is 1. The Morgan fingerprint density at radius 2 is 1.90 bits per heavy atom. The lowest BCUT2D eigenvalue weighted by molar-refractivity contribution is -0.139. The van der Waals surface area contributed by atoms with Crippen LogP contribution in [-0.2, 0) is 11.4 Å². The lowest BCUT2D eigenvalue weighted by Gasteiger charge is -2.10. The Kier molecular flexibility index (Phi) is 7.18. The van der Waals surface area contributed by atoms with Gasteiger partial charge in [-0.25, -0.2) is 9.78 Å². The summed E-state index contributed by atoms with van der Waals surface area (Å²) in [6.45, 7) is -0.0851. The maximum Gasteiger partial charge on any atom is 0.341 e. The Hall–Kier alpha value is -3.65. The van der Waals surface area contributed by atoms with E-state index in [0.717, 1.165) is 11.3 Å². The first-order valence-corrected chi connectivity index (χ1v) is 9.84. The van der Waals surface area contributed by atoms with E-state index in [1.54, 1.807) is 17.7 Å². The van der Waals surface area contributed by atoms with Gasteiger partial charge in [-0.2, -0.15) is 0 Å². The normalized spacial score (nSPS) is 10.7. The lowest BCUT2D eigenvalue weighted by atomic mass is 10.1. The first-order chi connectivity index (χ1) is 14.5. The van der Waals surface area contributed by atoms with E-state index in [9.17, 15) is 9.59 Å². The fourth-order valence-electron chi connectivity index (χ4n) is 2.49. The number of nitrogens with zero attached hydrogens (tertiary/aromatic N) is 1. The SMILES string of the molecule is COc1cc(C(=O)C=Cc2ccc(OCc3cscn3)cc2)ccc1OCC(=O)O. The lowest BCUT2D eigenvalue weighted by Crippen LogP contribution is -2.10. The number of rotatable bonds is 10. The average molecular weight is 425 g/mol. The molecule has 0 saturated heterocycles. The van der Waals surface area contributed by atoms with Crippen molar-refractivity contribution in [2.45, 2.75) is 6.61 Å². The minimum absolute atomic E-state index is 0.220. The van der Waals surface area contributed by atoms with Gasteiger partial charge in [0.25, 0.3) is 0 Å². The molecule has 0 aliphatic rings. The molecule has 0 atom stereocenters. The van der Waals surface area contributed by atoms with E-state index in [4.69, 9.17) is 19.3 Å². The molecule has 0 bridgehead atoms. The monoisotopic (exact) mass is 425 g/mol. The smallest absolute Gasteiger partial charge is 0.341 e. The van der Waals surface area contributed by atoms with Crippen molar-refractivity contribution in [3.8, 4) is 17.2 Å². The van der Waals surface area contributed by atoms with Gasteiger partial charge in [-0.3, -0.25) is 4.79 Å². The summed E-state index contributed by atoms with van der Waals surface area (Å²) < 4.78 is 16.0. The number of carboxylic acids is 1. The van der Waals surface area contributed by atoms with Crippen LogP contribution in [0.3, 0.4) is 0 Å². The summed E-state index contributed by atoms with van der Waals surface area (Å²) in [5.41, 5.74) is 3.88. The highest BCUT2D eigenvalue weighted by Crippen LogP contribution is 2.28. The number of carbonyl (C=O) groups is 2. The third kappa shape index (κ3) is 5.92. The highest BCUT2D eigenvalue weighted by atomic mass is 32.1. The van der Waals surface area contributed by atoms with Crippen molar-refractivity contribution in [3.05, 3.63) is 76.3 Å².